The van der Waals surface area contributed by atoms with Gasteiger partial charge in [0, 0.05) is 37.7 Å². The molecule has 0 radical (unpaired) electrons. The monoisotopic (exact) mass is 349 g/mol. The molecule has 0 spiro atoms. The molecule has 1 amide bonds. The summed E-state index contributed by atoms with van der Waals surface area (Å²) in [6.45, 7) is 2.11. The van der Waals surface area contributed by atoms with Gasteiger partial charge in [-0.3, -0.25) is 4.79 Å². The first-order valence-electron chi connectivity index (χ1n) is 6.65. The van der Waals surface area contributed by atoms with E-state index in [0.29, 0.717) is 26.2 Å². The van der Waals surface area contributed by atoms with Crippen molar-refractivity contribution in [2.24, 2.45) is 0 Å². The van der Waals surface area contributed by atoms with Crippen LogP contribution in [-0.4, -0.2) is 63.4 Å². The lowest BCUT2D eigenvalue weighted by atomic mass is 10.4. The fourth-order valence-electron chi connectivity index (χ4n) is 1.97. The Hall–Kier alpha value is -0.610. The van der Waals surface area contributed by atoms with Crippen LogP contribution < -0.4 is 10.6 Å². The molecule has 0 aromatic carbocycles. The molecule has 2 N–H and O–H groups in total. The molecule has 1 fully saturated rings. The van der Waals surface area contributed by atoms with E-state index in [-0.39, 0.29) is 15.7 Å². The van der Waals surface area contributed by atoms with Crippen LogP contribution >= 0.6 is 23.1 Å². The minimum atomic E-state index is -3.57. The second-order valence-corrected chi connectivity index (χ2v) is 8.54. The minimum Gasteiger partial charge on any atom is -0.350 e. The molecule has 1 aromatic rings. The van der Waals surface area contributed by atoms with E-state index in [9.17, 15) is 13.2 Å². The number of hydrogen-bond acceptors (Lipinski definition) is 6. The number of carbonyl (C=O) groups is 1. The minimum absolute atomic E-state index is 0.126. The number of thiophene rings is 1. The van der Waals surface area contributed by atoms with Crippen LogP contribution in [0.15, 0.2) is 16.3 Å². The van der Waals surface area contributed by atoms with Crippen LogP contribution in [0.3, 0.4) is 0 Å². The lowest BCUT2D eigenvalue weighted by Crippen LogP contribution is -2.38. The maximum absolute atomic E-state index is 12.6. The van der Waals surface area contributed by atoms with Crippen molar-refractivity contribution in [1.29, 1.82) is 0 Å². The zero-order valence-electron chi connectivity index (χ0n) is 11.8. The van der Waals surface area contributed by atoms with Gasteiger partial charge in [0.1, 0.15) is 9.77 Å². The molecule has 21 heavy (non-hydrogen) atoms. The highest BCUT2D eigenvalue weighted by Gasteiger charge is 2.30. The SMILES string of the molecule is CNCCNC(=O)c1sccc1S(=O)(=O)N1CCSCC1. The van der Waals surface area contributed by atoms with E-state index >= 15 is 0 Å². The van der Waals surface area contributed by atoms with E-state index in [2.05, 4.69) is 10.6 Å². The molecule has 0 bridgehead atoms. The van der Waals surface area contributed by atoms with Crippen molar-refractivity contribution >= 4 is 39.0 Å². The van der Waals surface area contributed by atoms with Crippen molar-refractivity contribution in [3.05, 3.63) is 16.3 Å². The molecule has 1 aliphatic heterocycles. The van der Waals surface area contributed by atoms with Gasteiger partial charge >= 0.3 is 0 Å². The zero-order chi connectivity index (χ0) is 15.3. The topological polar surface area (TPSA) is 78.5 Å². The molecule has 1 aliphatic rings. The normalized spacial score (nSPS) is 16.8. The first-order chi connectivity index (χ1) is 10.1. The Balaban J connectivity index is 2.16. The van der Waals surface area contributed by atoms with Crippen LogP contribution in [0, 0.1) is 0 Å². The average Bonchev–Trinajstić information content (AvgIpc) is 2.98. The third kappa shape index (κ3) is 3.98. The maximum Gasteiger partial charge on any atom is 0.262 e. The fraction of sp³-hybridized carbons (Fsp3) is 0.583. The molecule has 9 heteroatoms. The van der Waals surface area contributed by atoms with Crippen molar-refractivity contribution < 1.29 is 13.2 Å². The largest absolute Gasteiger partial charge is 0.350 e. The van der Waals surface area contributed by atoms with E-state index in [1.165, 1.54) is 10.4 Å². The van der Waals surface area contributed by atoms with E-state index in [0.717, 1.165) is 22.8 Å². The highest BCUT2D eigenvalue weighted by atomic mass is 32.2. The number of hydrogen-bond donors (Lipinski definition) is 2. The van der Waals surface area contributed by atoms with Gasteiger partial charge in [-0.1, -0.05) is 0 Å². The Kier molecular flexibility index (Phi) is 6.06. The summed E-state index contributed by atoms with van der Waals surface area (Å²) in [5.41, 5.74) is 0. The van der Waals surface area contributed by atoms with E-state index in [4.69, 9.17) is 0 Å². The van der Waals surface area contributed by atoms with Crippen LogP contribution in [-0.2, 0) is 10.0 Å². The lowest BCUT2D eigenvalue weighted by molar-refractivity contribution is 0.0955. The Morgan fingerprint density at radius 1 is 1.33 bits per heavy atom. The lowest BCUT2D eigenvalue weighted by Gasteiger charge is -2.25. The molecule has 2 rings (SSSR count). The van der Waals surface area contributed by atoms with Crippen molar-refractivity contribution in [3.8, 4) is 0 Å². The van der Waals surface area contributed by atoms with Crippen LogP contribution in [0.5, 0.6) is 0 Å². The van der Waals surface area contributed by atoms with Crippen LogP contribution in [0.1, 0.15) is 9.67 Å². The molecule has 0 unspecified atom stereocenters. The molecular formula is C12H19N3O3S3. The van der Waals surface area contributed by atoms with E-state index in [1.807, 2.05) is 0 Å². The van der Waals surface area contributed by atoms with E-state index < -0.39 is 10.0 Å². The third-order valence-corrected chi connectivity index (χ3v) is 7.01. The van der Waals surface area contributed by atoms with Gasteiger partial charge in [-0.25, -0.2) is 8.42 Å². The Morgan fingerprint density at radius 2 is 2.05 bits per heavy atom. The summed E-state index contributed by atoms with van der Waals surface area (Å²) in [5, 5.41) is 7.30. The van der Waals surface area contributed by atoms with Crippen LogP contribution in [0.4, 0.5) is 0 Å². The van der Waals surface area contributed by atoms with Crippen molar-refractivity contribution in [2.75, 3.05) is 44.7 Å². The maximum atomic E-state index is 12.6. The van der Waals surface area contributed by atoms with Gasteiger partial charge < -0.3 is 10.6 Å². The molecule has 1 aromatic heterocycles. The zero-order valence-corrected chi connectivity index (χ0v) is 14.2. The first-order valence-corrected chi connectivity index (χ1v) is 10.1. The summed E-state index contributed by atoms with van der Waals surface area (Å²) in [7, 11) is -1.78. The molecule has 0 saturated carbocycles. The number of nitrogens with one attached hydrogen (secondary N) is 2. The smallest absolute Gasteiger partial charge is 0.262 e. The third-order valence-electron chi connectivity index (χ3n) is 3.08. The predicted octanol–water partition coefficient (Wildman–Crippen LogP) is 0.435. The number of nitrogens with zero attached hydrogens (tertiary/aromatic N) is 1. The fourth-order valence-corrected chi connectivity index (χ4v) is 5.87. The summed E-state index contributed by atoms with van der Waals surface area (Å²) in [5.74, 6) is 1.27. The van der Waals surface area contributed by atoms with Gasteiger partial charge in [-0.05, 0) is 18.5 Å². The van der Waals surface area contributed by atoms with Crippen molar-refractivity contribution in [1.82, 2.24) is 14.9 Å². The van der Waals surface area contributed by atoms with Gasteiger partial charge in [0.15, 0.2) is 0 Å². The molecule has 118 valence electrons. The second-order valence-electron chi connectivity index (χ2n) is 4.49. The molecular weight excluding hydrogens is 330 g/mol. The number of carbonyl (C=O) groups excluding carboxylic acids is 1. The Morgan fingerprint density at radius 3 is 2.71 bits per heavy atom. The quantitative estimate of drug-likeness (QED) is 0.729. The standard InChI is InChI=1S/C12H19N3O3S3/c1-13-3-4-14-12(16)11-10(2-7-20-11)21(17,18)15-5-8-19-9-6-15/h2,7,13H,3-6,8-9H2,1H3,(H,14,16). The van der Waals surface area contributed by atoms with Crippen molar-refractivity contribution in [3.63, 3.8) is 0 Å². The van der Waals surface area contributed by atoms with Gasteiger partial charge in [0.2, 0.25) is 10.0 Å². The summed E-state index contributed by atoms with van der Waals surface area (Å²) in [6, 6.07) is 1.52. The summed E-state index contributed by atoms with van der Waals surface area (Å²) < 4.78 is 26.7. The second kappa shape index (κ2) is 7.59. The Bertz CT molecular complexity index is 580. The van der Waals surface area contributed by atoms with Gasteiger partial charge in [0.25, 0.3) is 5.91 Å². The van der Waals surface area contributed by atoms with E-state index in [1.54, 1.807) is 24.2 Å². The molecule has 1 saturated heterocycles. The number of likely N-dealkylation sites (N-methyl/N-ethyl adjacent to an activating group) is 1. The summed E-state index contributed by atoms with van der Waals surface area (Å²) in [4.78, 5) is 12.5. The average molecular weight is 350 g/mol. The number of amides is 1. The van der Waals surface area contributed by atoms with Crippen molar-refractivity contribution in [2.45, 2.75) is 4.90 Å². The first kappa shape index (κ1) is 16.8. The summed E-state index contributed by atoms with van der Waals surface area (Å²) >= 11 is 2.91. The highest BCUT2D eigenvalue weighted by Crippen LogP contribution is 2.26. The van der Waals surface area contributed by atoms with Gasteiger partial charge in [-0.2, -0.15) is 16.1 Å². The van der Waals surface area contributed by atoms with Crippen LogP contribution in [0.2, 0.25) is 0 Å². The summed E-state index contributed by atoms with van der Waals surface area (Å²) in [6.07, 6.45) is 0. The number of sulfonamides is 1. The number of rotatable bonds is 6. The highest BCUT2D eigenvalue weighted by molar-refractivity contribution is 7.99. The molecule has 6 nitrogen and oxygen atoms in total. The molecule has 0 atom stereocenters. The number of thioether (sulfide) groups is 1. The van der Waals surface area contributed by atoms with Gasteiger partial charge in [-0.15, -0.1) is 11.3 Å². The van der Waals surface area contributed by atoms with Gasteiger partial charge in [0.05, 0.1) is 0 Å². The Labute approximate surface area is 133 Å². The predicted molar refractivity (Wildman–Crippen MR) is 86.7 cm³/mol. The van der Waals surface area contributed by atoms with Crippen LogP contribution in [0.25, 0.3) is 0 Å². The molecule has 0 aliphatic carbocycles. The molecule has 2 heterocycles.